The summed E-state index contributed by atoms with van der Waals surface area (Å²) in [4.78, 5) is 29.3. The molecule has 2 rings (SSSR count). The summed E-state index contributed by atoms with van der Waals surface area (Å²) in [5.74, 6) is 0.614. The molecule has 2 aromatic rings. The number of amides is 3. The van der Waals surface area contributed by atoms with Crippen molar-refractivity contribution in [3.8, 4) is 0 Å². The van der Waals surface area contributed by atoms with Gasteiger partial charge in [0.15, 0.2) is 0 Å². The van der Waals surface area contributed by atoms with Crippen LogP contribution in [0.5, 0.6) is 0 Å². The van der Waals surface area contributed by atoms with Crippen molar-refractivity contribution in [3.05, 3.63) is 48.2 Å². The molecule has 7 nitrogen and oxygen atoms in total. The van der Waals surface area contributed by atoms with Crippen LogP contribution in [0.15, 0.2) is 41.1 Å². The lowest BCUT2D eigenvalue weighted by Gasteiger charge is -2.31. The Morgan fingerprint density at radius 3 is 2.59 bits per heavy atom. The molecule has 1 N–H and O–H groups in total. The SMILES string of the molecule is CCCCNC(=O)N(CC(=O)N(Cc1ccco1)Cc1cccn1C)[C@@H](C)CC. The molecular formula is C22H34N4O3. The summed E-state index contributed by atoms with van der Waals surface area (Å²) in [6, 6.07) is 7.41. The van der Waals surface area contributed by atoms with Crippen LogP contribution in [0, 0.1) is 0 Å². The molecule has 7 heteroatoms. The van der Waals surface area contributed by atoms with Crippen molar-refractivity contribution in [1.82, 2.24) is 19.7 Å². The molecule has 160 valence electrons. The molecule has 0 saturated heterocycles. The molecule has 2 aromatic heterocycles. The van der Waals surface area contributed by atoms with Crippen molar-refractivity contribution in [2.75, 3.05) is 13.1 Å². The van der Waals surface area contributed by atoms with Crippen LogP contribution in [-0.4, -0.2) is 45.4 Å². The lowest BCUT2D eigenvalue weighted by atomic mass is 10.2. The summed E-state index contributed by atoms with van der Waals surface area (Å²) in [7, 11) is 1.96. The second-order valence-electron chi connectivity index (χ2n) is 7.41. The second kappa shape index (κ2) is 11.3. The summed E-state index contributed by atoms with van der Waals surface area (Å²) >= 11 is 0. The number of aromatic nitrogens is 1. The zero-order valence-electron chi connectivity index (χ0n) is 18.1. The molecule has 2 heterocycles. The number of rotatable bonds is 11. The van der Waals surface area contributed by atoms with Crippen LogP contribution in [-0.2, 0) is 24.9 Å². The third-order valence-corrected chi connectivity index (χ3v) is 5.18. The largest absolute Gasteiger partial charge is 0.467 e. The fourth-order valence-corrected chi connectivity index (χ4v) is 3.05. The first-order valence-corrected chi connectivity index (χ1v) is 10.4. The molecular weight excluding hydrogens is 368 g/mol. The van der Waals surface area contributed by atoms with Crippen LogP contribution < -0.4 is 5.32 Å². The van der Waals surface area contributed by atoms with Crippen LogP contribution in [0.4, 0.5) is 4.79 Å². The maximum absolute atomic E-state index is 13.2. The van der Waals surface area contributed by atoms with Crippen LogP contribution in [0.25, 0.3) is 0 Å². The Kier molecular flexibility index (Phi) is 8.83. The molecule has 3 amide bonds. The second-order valence-corrected chi connectivity index (χ2v) is 7.41. The van der Waals surface area contributed by atoms with Gasteiger partial charge in [-0.25, -0.2) is 4.79 Å². The first-order chi connectivity index (χ1) is 14.0. The van der Waals surface area contributed by atoms with Gasteiger partial charge in [0, 0.05) is 31.5 Å². The van der Waals surface area contributed by atoms with E-state index in [4.69, 9.17) is 4.42 Å². The molecule has 1 atom stereocenters. The topological polar surface area (TPSA) is 70.7 Å². The minimum Gasteiger partial charge on any atom is -0.467 e. The van der Waals surface area contributed by atoms with E-state index in [0.29, 0.717) is 19.6 Å². The number of hydrogen-bond donors (Lipinski definition) is 1. The highest BCUT2D eigenvalue weighted by Gasteiger charge is 2.25. The van der Waals surface area contributed by atoms with Gasteiger partial charge in [-0.05, 0) is 44.0 Å². The average Bonchev–Trinajstić information content (AvgIpc) is 3.37. The summed E-state index contributed by atoms with van der Waals surface area (Å²) in [5, 5.41) is 2.94. The van der Waals surface area contributed by atoms with Gasteiger partial charge in [-0.15, -0.1) is 0 Å². The monoisotopic (exact) mass is 402 g/mol. The fourth-order valence-electron chi connectivity index (χ4n) is 3.05. The Hall–Kier alpha value is -2.70. The zero-order valence-corrected chi connectivity index (χ0v) is 18.1. The number of urea groups is 1. The Morgan fingerprint density at radius 2 is 2.00 bits per heavy atom. The van der Waals surface area contributed by atoms with Crippen molar-refractivity contribution in [1.29, 1.82) is 0 Å². The molecule has 0 aliphatic heterocycles. The quantitative estimate of drug-likeness (QED) is 0.582. The van der Waals surface area contributed by atoms with Gasteiger partial charge < -0.3 is 24.1 Å². The number of aryl methyl sites for hydroxylation is 1. The minimum atomic E-state index is -0.182. The molecule has 0 radical (unpaired) electrons. The molecule has 0 spiro atoms. The van der Waals surface area contributed by atoms with E-state index < -0.39 is 0 Å². The standard InChI is InChI=1S/C22H34N4O3/c1-5-7-12-23-22(28)26(18(3)6-2)17-21(27)25(16-20-11-9-14-29-20)15-19-10-8-13-24(19)4/h8-11,13-14,18H,5-7,12,15-17H2,1-4H3,(H,23,28)/t18-/m0/s1. The number of unbranched alkanes of at least 4 members (excludes halogenated alkanes) is 1. The first-order valence-electron chi connectivity index (χ1n) is 10.4. The predicted molar refractivity (Wildman–Crippen MR) is 113 cm³/mol. The molecule has 0 aromatic carbocycles. The van der Waals surface area contributed by atoms with E-state index >= 15 is 0 Å². The van der Waals surface area contributed by atoms with E-state index in [1.807, 2.05) is 55.9 Å². The molecule has 0 aliphatic carbocycles. The average molecular weight is 403 g/mol. The number of carbonyl (C=O) groups is 2. The van der Waals surface area contributed by atoms with E-state index in [1.165, 1.54) is 0 Å². The van der Waals surface area contributed by atoms with Gasteiger partial charge >= 0.3 is 6.03 Å². The maximum Gasteiger partial charge on any atom is 0.318 e. The van der Waals surface area contributed by atoms with Crippen molar-refractivity contribution in [2.24, 2.45) is 7.05 Å². The minimum absolute atomic E-state index is 0.0268. The van der Waals surface area contributed by atoms with E-state index in [2.05, 4.69) is 12.2 Å². The van der Waals surface area contributed by atoms with Gasteiger partial charge in [0.25, 0.3) is 0 Å². The lowest BCUT2D eigenvalue weighted by molar-refractivity contribution is -0.133. The number of furan rings is 1. The zero-order chi connectivity index (χ0) is 21.2. The molecule has 0 bridgehead atoms. The molecule has 0 aliphatic rings. The van der Waals surface area contributed by atoms with Crippen LogP contribution >= 0.6 is 0 Å². The smallest absolute Gasteiger partial charge is 0.318 e. The van der Waals surface area contributed by atoms with Gasteiger partial charge in [0.05, 0.1) is 19.4 Å². The number of hydrogen-bond acceptors (Lipinski definition) is 3. The Bertz CT molecular complexity index is 754. The highest BCUT2D eigenvalue weighted by atomic mass is 16.3. The number of nitrogens with zero attached hydrogens (tertiary/aromatic N) is 3. The Morgan fingerprint density at radius 1 is 1.21 bits per heavy atom. The summed E-state index contributed by atoms with van der Waals surface area (Å²) in [6.07, 6.45) is 6.28. The first kappa shape index (κ1) is 22.6. The van der Waals surface area contributed by atoms with Crippen molar-refractivity contribution < 1.29 is 14.0 Å². The third-order valence-electron chi connectivity index (χ3n) is 5.18. The van der Waals surface area contributed by atoms with Crippen molar-refractivity contribution >= 4 is 11.9 Å². The highest BCUT2D eigenvalue weighted by Crippen LogP contribution is 2.13. The van der Waals surface area contributed by atoms with Crippen LogP contribution in [0.1, 0.15) is 51.5 Å². The number of carbonyl (C=O) groups excluding carboxylic acids is 2. The maximum atomic E-state index is 13.2. The third kappa shape index (κ3) is 6.69. The fraction of sp³-hybridized carbons (Fsp3) is 0.545. The predicted octanol–water partition coefficient (Wildman–Crippen LogP) is 3.76. The van der Waals surface area contributed by atoms with E-state index in [1.54, 1.807) is 16.1 Å². The van der Waals surface area contributed by atoms with Gasteiger partial charge in [-0.2, -0.15) is 0 Å². The molecule has 0 saturated carbocycles. The van der Waals surface area contributed by atoms with E-state index in [-0.39, 0.29) is 24.5 Å². The highest BCUT2D eigenvalue weighted by molar-refractivity contribution is 5.84. The number of nitrogens with one attached hydrogen (secondary N) is 1. The summed E-state index contributed by atoms with van der Waals surface area (Å²) in [6.45, 7) is 7.55. The van der Waals surface area contributed by atoms with Crippen LogP contribution in [0.2, 0.25) is 0 Å². The lowest BCUT2D eigenvalue weighted by Crippen LogP contribution is -2.50. The molecule has 0 unspecified atom stereocenters. The Labute approximate surface area is 173 Å². The summed E-state index contributed by atoms with van der Waals surface area (Å²) in [5.41, 5.74) is 1.02. The van der Waals surface area contributed by atoms with Crippen LogP contribution in [0.3, 0.4) is 0 Å². The van der Waals surface area contributed by atoms with Crippen molar-refractivity contribution in [2.45, 2.75) is 59.2 Å². The molecule has 29 heavy (non-hydrogen) atoms. The van der Waals surface area contributed by atoms with Gasteiger partial charge in [-0.1, -0.05) is 20.3 Å². The molecule has 0 fully saturated rings. The van der Waals surface area contributed by atoms with Crippen molar-refractivity contribution in [3.63, 3.8) is 0 Å². The van der Waals surface area contributed by atoms with Gasteiger partial charge in [0.2, 0.25) is 5.91 Å². The van der Waals surface area contributed by atoms with Gasteiger partial charge in [-0.3, -0.25) is 4.79 Å². The Balaban J connectivity index is 2.13. The summed E-state index contributed by atoms with van der Waals surface area (Å²) < 4.78 is 7.45. The normalized spacial score (nSPS) is 11.9. The van der Waals surface area contributed by atoms with Gasteiger partial charge in [0.1, 0.15) is 12.3 Å². The van der Waals surface area contributed by atoms with E-state index in [0.717, 1.165) is 30.7 Å². The van der Waals surface area contributed by atoms with E-state index in [9.17, 15) is 9.59 Å².